The summed E-state index contributed by atoms with van der Waals surface area (Å²) in [5.41, 5.74) is 0.299. The Morgan fingerprint density at radius 1 is 1.36 bits per heavy atom. The van der Waals surface area contributed by atoms with Crippen LogP contribution in [0.3, 0.4) is 0 Å². The van der Waals surface area contributed by atoms with Crippen molar-refractivity contribution in [1.82, 2.24) is 5.32 Å². The first-order chi connectivity index (χ1) is 13.0. The first-order valence-corrected chi connectivity index (χ1v) is 8.17. The maximum absolute atomic E-state index is 12.3. The zero-order valence-corrected chi connectivity index (χ0v) is 14.9. The minimum absolute atomic E-state index is 0.0312. The van der Waals surface area contributed by atoms with Crippen LogP contribution >= 0.6 is 0 Å². The van der Waals surface area contributed by atoms with E-state index in [0.29, 0.717) is 5.56 Å². The zero-order valence-electron chi connectivity index (χ0n) is 14.9. The number of carbonyl (C=O) groups is 3. The summed E-state index contributed by atoms with van der Waals surface area (Å²) in [6, 6.07) is 4.34. The Bertz CT molecular complexity index is 771. The van der Waals surface area contributed by atoms with Crippen molar-refractivity contribution in [3.63, 3.8) is 0 Å². The topological polar surface area (TPSA) is 111 Å². The second-order valence-electron chi connectivity index (χ2n) is 6.05. The molecule has 0 spiro atoms. The zero-order chi connectivity index (χ0) is 21.1. The second kappa shape index (κ2) is 8.51. The molecular formula is C16H17BF3NO7. The molecule has 2 N–H and O–H groups in total. The van der Waals surface area contributed by atoms with Crippen molar-refractivity contribution in [2.75, 3.05) is 0 Å². The Kier molecular flexibility index (Phi) is 6.54. The molecule has 1 aromatic carbocycles. The molecule has 1 aliphatic heterocycles. The number of carbonyl (C=O) groups excluding carboxylic acids is 3. The highest BCUT2D eigenvalue weighted by Crippen LogP contribution is 2.31. The molecule has 0 saturated carbocycles. The van der Waals surface area contributed by atoms with Crippen molar-refractivity contribution < 1.29 is 46.7 Å². The third kappa shape index (κ3) is 5.88. The Morgan fingerprint density at radius 2 is 2.04 bits per heavy atom. The molecule has 0 aromatic heterocycles. The number of halogens is 3. The normalized spacial score (nSPS) is 17.1. The van der Waals surface area contributed by atoms with Gasteiger partial charge in [0, 0.05) is 13.8 Å². The first-order valence-electron chi connectivity index (χ1n) is 8.17. The standard InChI is InChI=1S/C16H17BF3NO7/c1-8(22)26-9(2)27-15(24)11-5-3-4-10-6-12(17(25)28-14(10)11)21-13(23)7-16(18,19)20/h3-5,9,12,25H,6-7H2,1-2H3,(H,21,23)/t9?,12-/m0/s1. The van der Waals surface area contributed by atoms with Crippen LogP contribution in [0.4, 0.5) is 13.2 Å². The fourth-order valence-corrected chi connectivity index (χ4v) is 2.62. The molecule has 1 amide bonds. The minimum atomic E-state index is -4.68. The highest BCUT2D eigenvalue weighted by atomic mass is 19.4. The summed E-state index contributed by atoms with van der Waals surface area (Å²) in [6.45, 7) is 2.47. The molecule has 0 aliphatic carbocycles. The summed E-state index contributed by atoms with van der Waals surface area (Å²) < 4.78 is 51.7. The van der Waals surface area contributed by atoms with Gasteiger partial charge in [0.05, 0.1) is 5.94 Å². The van der Waals surface area contributed by atoms with E-state index in [1.54, 1.807) is 0 Å². The second-order valence-corrected chi connectivity index (χ2v) is 6.05. The lowest BCUT2D eigenvalue weighted by Crippen LogP contribution is -2.53. The van der Waals surface area contributed by atoms with Crippen molar-refractivity contribution >= 4 is 25.0 Å². The van der Waals surface area contributed by atoms with Crippen LogP contribution in [-0.4, -0.2) is 48.4 Å². The number of benzene rings is 1. The van der Waals surface area contributed by atoms with Gasteiger partial charge in [-0.3, -0.25) is 9.59 Å². The Balaban J connectivity index is 2.12. The molecule has 152 valence electrons. The van der Waals surface area contributed by atoms with Crippen LogP contribution in [0.1, 0.15) is 36.2 Å². The van der Waals surface area contributed by atoms with E-state index in [2.05, 4.69) is 5.32 Å². The molecule has 1 aromatic rings. The lowest BCUT2D eigenvalue weighted by atomic mass is 9.72. The minimum Gasteiger partial charge on any atom is -0.534 e. The summed E-state index contributed by atoms with van der Waals surface area (Å²) in [5.74, 6) is -4.02. The van der Waals surface area contributed by atoms with Gasteiger partial charge in [-0.25, -0.2) is 4.79 Å². The monoisotopic (exact) mass is 403 g/mol. The van der Waals surface area contributed by atoms with Gasteiger partial charge in [-0.05, 0) is 18.1 Å². The number of ether oxygens (including phenoxy) is 2. The molecule has 1 unspecified atom stereocenters. The van der Waals surface area contributed by atoms with E-state index in [4.69, 9.17) is 14.1 Å². The van der Waals surface area contributed by atoms with Crippen LogP contribution in [0.5, 0.6) is 5.75 Å². The van der Waals surface area contributed by atoms with Crippen LogP contribution < -0.4 is 9.97 Å². The van der Waals surface area contributed by atoms with E-state index < -0.39 is 49.8 Å². The molecule has 1 heterocycles. The van der Waals surface area contributed by atoms with E-state index in [0.717, 1.165) is 6.92 Å². The average Bonchev–Trinajstić information content (AvgIpc) is 2.52. The summed E-state index contributed by atoms with van der Waals surface area (Å²) in [4.78, 5) is 34.6. The maximum Gasteiger partial charge on any atom is 0.547 e. The molecule has 28 heavy (non-hydrogen) atoms. The average molecular weight is 403 g/mol. The third-order valence-corrected chi connectivity index (χ3v) is 3.65. The highest BCUT2D eigenvalue weighted by Gasteiger charge is 2.40. The Hall–Kier alpha value is -2.76. The predicted molar refractivity (Wildman–Crippen MR) is 88.0 cm³/mol. The fourth-order valence-electron chi connectivity index (χ4n) is 2.62. The molecule has 12 heteroatoms. The molecule has 2 rings (SSSR count). The summed E-state index contributed by atoms with van der Waals surface area (Å²) >= 11 is 0. The van der Waals surface area contributed by atoms with Crippen molar-refractivity contribution in [2.24, 2.45) is 0 Å². The van der Waals surface area contributed by atoms with E-state index in [1.165, 1.54) is 25.1 Å². The molecule has 0 radical (unpaired) electrons. The molecule has 0 saturated heterocycles. The fraction of sp³-hybridized carbons (Fsp3) is 0.438. The summed E-state index contributed by atoms with van der Waals surface area (Å²) in [5, 5.41) is 12.1. The van der Waals surface area contributed by atoms with Gasteiger partial charge in [0.25, 0.3) is 0 Å². The van der Waals surface area contributed by atoms with Crippen molar-refractivity contribution in [3.05, 3.63) is 29.3 Å². The van der Waals surface area contributed by atoms with Crippen LogP contribution in [0.25, 0.3) is 0 Å². The number of fused-ring (bicyclic) bond motifs is 1. The molecule has 8 nitrogen and oxygen atoms in total. The van der Waals surface area contributed by atoms with E-state index in [1.807, 2.05) is 0 Å². The number of rotatable bonds is 5. The van der Waals surface area contributed by atoms with E-state index in [9.17, 15) is 32.6 Å². The van der Waals surface area contributed by atoms with Gasteiger partial charge in [-0.15, -0.1) is 0 Å². The lowest BCUT2D eigenvalue weighted by Gasteiger charge is -2.29. The molecule has 0 fully saturated rings. The molecule has 0 bridgehead atoms. The van der Waals surface area contributed by atoms with Crippen LogP contribution in [-0.2, 0) is 25.5 Å². The van der Waals surface area contributed by atoms with Gasteiger partial charge in [0.2, 0.25) is 12.2 Å². The number of amides is 1. The number of hydrogen-bond acceptors (Lipinski definition) is 7. The van der Waals surface area contributed by atoms with Crippen LogP contribution in [0, 0.1) is 0 Å². The third-order valence-electron chi connectivity index (χ3n) is 3.65. The number of nitrogens with one attached hydrogen (secondary N) is 1. The maximum atomic E-state index is 12.3. The van der Waals surface area contributed by atoms with Crippen molar-refractivity contribution in [1.29, 1.82) is 0 Å². The number of alkyl halides is 3. The molecular weight excluding hydrogens is 386 g/mol. The van der Waals surface area contributed by atoms with Gasteiger partial charge in [0.1, 0.15) is 17.7 Å². The van der Waals surface area contributed by atoms with Crippen LogP contribution in [0.2, 0.25) is 0 Å². The van der Waals surface area contributed by atoms with Crippen molar-refractivity contribution in [2.45, 2.75) is 45.1 Å². The molecule has 2 atom stereocenters. The Labute approximate surface area is 158 Å². The lowest BCUT2D eigenvalue weighted by molar-refractivity contribution is -0.162. The SMILES string of the molecule is CC(=O)OC(C)OC(=O)c1cccc2c1OB(O)[C@@H](NC(=O)CC(F)(F)F)C2. The number of para-hydroxylation sites is 1. The van der Waals surface area contributed by atoms with Gasteiger partial charge in [0.15, 0.2) is 0 Å². The predicted octanol–water partition coefficient (Wildman–Crippen LogP) is 1.14. The number of esters is 2. The van der Waals surface area contributed by atoms with Gasteiger partial charge >= 0.3 is 25.2 Å². The van der Waals surface area contributed by atoms with Gasteiger partial charge in [-0.2, -0.15) is 13.2 Å². The van der Waals surface area contributed by atoms with Gasteiger partial charge < -0.3 is 24.5 Å². The smallest absolute Gasteiger partial charge is 0.534 e. The Morgan fingerprint density at radius 3 is 2.64 bits per heavy atom. The summed E-state index contributed by atoms with van der Waals surface area (Å²) in [7, 11) is -1.68. The molecule has 1 aliphatic rings. The largest absolute Gasteiger partial charge is 0.547 e. The first kappa shape index (κ1) is 21.5. The van der Waals surface area contributed by atoms with Gasteiger partial charge in [-0.1, -0.05) is 12.1 Å². The van der Waals surface area contributed by atoms with Crippen LogP contribution in [0.15, 0.2) is 18.2 Å². The number of hydrogen-bond donors (Lipinski definition) is 2. The van der Waals surface area contributed by atoms with Crippen molar-refractivity contribution in [3.8, 4) is 5.75 Å². The quantitative estimate of drug-likeness (QED) is 0.431. The van der Waals surface area contributed by atoms with E-state index >= 15 is 0 Å². The van der Waals surface area contributed by atoms with E-state index in [-0.39, 0.29) is 17.7 Å². The highest BCUT2D eigenvalue weighted by molar-refractivity contribution is 6.47. The summed E-state index contributed by atoms with van der Waals surface area (Å²) in [6.07, 6.45) is -7.61.